The topological polar surface area (TPSA) is 111 Å². The summed E-state index contributed by atoms with van der Waals surface area (Å²) >= 11 is 13.1. The van der Waals surface area contributed by atoms with Gasteiger partial charge in [-0.2, -0.15) is 0 Å². The van der Waals surface area contributed by atoms with Crippen LogP contribution in [0.3, 0.4) is 0 Å². The van der Waals surface area contributed by atoms with E-state index in [4.69, 9.17) is 42.1 Å². The van der Waals surface area contributed by atoms with Crippen LogP contribution in [0, 0.1) is 5.92 Å². The fourth-order valence-corrected chi connectivity index (χ4v) is 6.59. The van der Waals surface area contributed by atoms with Crippen molar-refractivity contribution in [1.82, 2.24) is 14.8 Å². The van der Waals surface area contributed by atoms with Crippen molar-refractivity contribution in [2.75, 3.05) is 34.4 Å². The van der Waals surface area contributed by atoms with Crippen molar-refractivity contribution in [3.05, 3.63) is 57.6 Å². The first-order chi connectivity index (χ1) is 21.2. The zero-order chi connectivity index (χ0) is 33.1. The molecule has 10 nitrogen and oxygen atoms in total. The number of carbonyl (C=O) groups is 2. The highest BCUT2D eigenvalue weighted by Crippen LogP contribution is 2.44. The first-order valence-corrected chi connectivity index (χ1v) is 15.8. The van der Waals surface area contributed by atoms with Crippen molar-refractivity contribution in [2.45, 2.75) is 70.7 Å². The van der Waals surface area contributed by atoms with E-state index < -0.39 is 23.5 Å². The summed E-state index contributed by atoms with van der Waals surface area (Å²) < 4.78 is 23.0. The van der Waals surface area contributed by atoms with Crippen LogP contribution in [0.4, 0.5) is 9.59 Å². The number of nitrogens with one attached hydrogen (secondary N) is 1. The molecule has 2 aromatic carbocycles. The van der Waals surface area contributed by atoms with Gasteiger partial charge in [0, 0.05) is 41.0 Å². The third-order valence-electron chi connectivity index (χ3n) is 7.90. The summed E-state index contributed by atoms with van der Waals surface area (Å²) in [6.07, 6.45) is 0.0998. The molecule has 0 aliphatic heterocycles. The number of aromatic nitrogens is 1. The number of nitrogens with zero attached hydrogens (tertiary/aromatic N) is 2. The van der Waals surface area contributed by atoms with Crippen molar-refractivity contribution in [2.24, 2.45) is 5.92 Å². The zero-order valence-electron chi connectivity index (χ0n) is 26.9. The third-order valence-corrected chi connectivity index (χ3v) is 8.41. The summed E-state index contributed by atoms with van der Waals surface area (Å²) in [5, 5.41) is 16.7. The van der Waals surface area contributed by atoms with Gasteiger partial charge in [-0.25, -0.2) is 14.2 Å². The minimum absolute atomic E-state index is 0.0118. The SMILES string of the molecule is CCOC(=O)Oc1c(CNC2CCC(O)(c3cccc(OC)c3)C(CN(C)C)C2)c2c(Cl)cc(Cl)cc2n1C(=O)OC(C)(C)C. The summed E-state index contributed by atoms with van der Waals surface area (Å²) in [7, 11) is 5.59. The first-order valence-electron chi connectivity index (χ1n) is 15.0. The summed E-state index contributed by atoms with van der Waals surface area (Å²) in [5.41, 5.74) is -0.259. The number of rotatable bonds is 9. The Morgan fingerprint density at radius 2 is 1.91 bits per heavy atom. The highest BCUT2D eigenvalue weighted by Gasteiger charge is 2.44. The summed E-state index contributed by atoms with van der Waals surface area (Å²) in [6.45, 7) is 7.81. The van der Waals surface area contributed by atoms with Gasteiger partial charge in [0.05, 0.1) is 29.9 Å². The van der Waals surface area contributed by atoms with E-state index in [2.05, 4.69) is 10.2 Å². The predicted octanol–water partition coefficient (Wildman–Crippen LogP) is 6.98. The first kappa shape index (κ1) is 34.8. The Labute approximate surface area is 274 Å². The Morgan fingerprint density at radius 3 is 2.56 bits per heavy atom. The number of hydrogen-bond donors (Lipinski definition) is 2. The highest BCUT2D eigenvalue weighted by atomic mass is 35.5. The summed E-state index contributed by atoms with van der Waals surface area (Å²) in [4.78, 5) is 28.2. The molecule has 45 heavy (non-hydrogen) atoms. The molecule has 1 saturated carbocycles. The third kappa shape index (κ3) is 8.04. The largest absolute Gasteiger partial charge is 0.515 e. The molecule has 1 aliphatic rings. The molecular weight excluding hydrogens is 621 g/mol. The molecule has 4 rings (SSSR count). The molecule has 12 heteroatoms. The second-order valence-corrected chi connectivity index (χ2v) is 13.5. The molecule has 1 fully saturated rings. The number of carbonyl (C=O) groups excluding carboxylic acids is 2. The number of hydrogen-bond acceptors (Lipinski definition) is 9. The van der Waals surface area contributed by atoms with Crippen molar-refractivity contribution in [1.29, 1.82) is 0 Å². The summed E-state index contributed by atoms with van der Waals surface area (Å²) in [5.74, 6) is 0.520. The molecule has 1 aliphatic carbocycles. The van der Waals surface area contributed by atoms with E-state index in [9.17, 15) is 14.7 Å². The van der Waals surface area contributed by atoms with Crippen molar-refractivity contribution < 1.29 is 33.6 Å². The highest BCUT2D eigenvalue weighted by molar-refractivity contribution is 6.39. The van der Waals surface area contributed by atoms with Gasteiger partial charge in [0.25, 0.3) is 0 Å². The van der Waals surface area contributed by atoms with Gasteiger partial charge < -0.3 is 34.3 Å². The number of aliphatic hydroxyl groups is 1. The maximum atomic E-state index is 13.5. The standard InChI is InChI=1S/C33H43Cl2N3O7/c1-8-43-31(40)44-29-25(28-26(35)16-22(34)17-27(28)38(29)30(39)45-32(2,3)4)18-36-23-12-13-33(41,21(14-23)19-37(5)6)20-10-9-11-24(15-20)42-7/h9-11,15-17,21,23,36,41H,8,12-14,18-19H2,1-7H3. The van der Waals surface area contributed by atoms with E-state index in [1.165, 1.54) is 4.57 Å². The monoisotopic (exact) mass is 663 g/mol. The molecule has 2 N–H and O–H groups in total. The fraction of sp³-hybridized carbons (Fsp3) is 0.515. The maximum Gasteiger partial charge on any atom is 0.515 e. The van der Waals surface area contributed by atoms with Gasteiger partial charge in [-0.05, 0) is 90.9 Å². The Hall–Kier alpha value is -3.02. The maximum absolute atomic E-state index is 13.5. The van der Waals surface area contributed by atoms with Crippen LogP contribution in [0.15, 0.2) is 36.4 Å². The van der Waals surface area contributed by atoms with Crippen LogP contribution in [-0.4, -0.2) is 72.8 Å². The van der Waals surface area contributed by atoms with Gasteiger partial charge in [-0.15, -0.1) is 0 Å². The number of methoxy groups -OCH3 is 1. The average Bonchev–Trinajstić information content (AvgIpc) is 3.25. The fourth-order valence-electron chi connectivity index (χ4n) is 6.00. The molecule has 0 saturated heterocycles. The van der Waals surface area contributed by atoms with Crippen LogP contribution in [-0.2, 0) is 21.6 Å². The van der Waals surface area contributed by atoms with Gasteiger partial charge in [0.1, 0.15) is 11.4 Å². The van der Waals surface area contributed by atoms with Crippen LogP contribution < -0.4 is 14.8 Å². The van der Waals surface area contributed by atoms with Crippen molar-refractivity contribution in [3.8, 4) is 11.6 Å². The summed E-state index contributed by atoms with van der Waals surface area (Å²) in [6, 6.07) is 10.7. The van der Waals surface area contributed by atoms with E-state index in [1.807, 2.05) is 38.4 Å². The van der Waals surface area contributed by atoms with Gasteiger partial charge >= 0.3 is 12.2 Å². The zero-order valence-corrected chi connectivity index (χ0v) is 28.4. The molecule has 3 atom stereocenters. The van der Waals surface area contributed by atoms with Gasteiger partial charge in [-0.3, -0.25) is 0 Å². The lowest BCUT2D eigenvalue weighted by molar-refractivity contribution is -0.0694. The van der Waals surface area contributed by atoms with E-state index >= 15 is 0 Å². The quantitative estimate of drug-likeness (QED) is 0.234. The van der Waals surface area contributed by atoms with Crippen molar-refractivity contribution >= 4 is 46.4 Å². The lowest BCUT2D eigenvalue weighted by atomic mass is 9.69. The molecule has 246 valence electrons. The number of halogens is 2. The molecule has 0 amide bonds. The Morgan fingerprint density at radius 1 is 1.18 bits per heavy atom. The molecular formula is C33H43Cl2N3O7. The molecule has 1 aromatic heterocycles. The number of benzene rings is 2. The molecule has 1 heterocycles. The lowest BCUT2D eigenvalue weighted by Gasteiger charge is -2.45. The molecule has 3 aromatic rings. The minimum Gasteiger partial charge on any atom is -0.497 e. The Kier molecular flexibility index (Phi) is 11.0. The number of fused-ring (bicyclic) bond motifs is 1. The number of ether oxygens (including phenoxy) is 4. The van der Waals surface area contributed by atoms with Crippen molar-refractivity contribution in [3.63, 3.8) is 0 Å². The molecule has 0 spiro atoms. The lowest BCUT2D eigenvalue weighted by Crippen LogP contribution is -2.49. The van der Waals surface area contributed by atoms with Crippen LogP contribution >= 0.6 is 23.2 Å². The van der Waals surface area contributed by atoms with E-state index in [-0.39, 0.29) is 36.0 Å². The van der Waals surface area contributed by atoms with E-state index in [0.717, 1.165) is 5.56 Å². The molecule has 0 radical (unpaired) electrons. The smallest absolute Gasteiger partial charge is 0.497 e. The van der Waals surface area contributed by atoms with E-state index in [0.29, 0.717) is 53.0 Å². The minimum atomic E-state index is -1.05. The van der Waals surface area contributed by atoms with Gasteiger partial charge in [0.15, 0.2) is 0 Å². The Balaban J connectivity index is 1.71. The second-order valence-electron chi connectivity index (χ2n) is 12.6. The van der Waals surface area contributed by atoms with Crippen LogP contribution in [0.1, 0.15) is 58.1 Å². The van der Waals surface area contributed by atoms with E-state index in [1.54, 1.807) is 46.9 Å². The molecule has 3 unspecified atom stereocenters. The van der Waals surface area contributed by atoms with Crippen LogP contribution in [0.5, 0.6) is 11.6 Å². The van der Waals surface area contributed by atoms with Gasteiger partial charge in [-0.1, -0.05) is 35.3 Å². The Bertz CT molecular complexity index is 1530. The van der Waals surface area contributed by atoms with Crippen LogP contribution in [0.2, 0.25) is 10.0 Å². The average molecular weight is 665 g/mol. The molecule has 0 bridgehead atoms. The second kappa shape index (κ2) is 14.2. The van der Waals surface area contributed by atoms with Crippen LogP contribution in [0.25, 0.3) is 10.9 Å². The predicted molar refractivity (Wildman–Crippen MR) is 175 cm³/mol. The normalized spacial score (nSPS) is 20.3. The van der Waals surface area contributed by atoms with Gasteiger partial charge in [0.2, 0.25) is 5.88 Å².